The summed E-state index contributed by atoms with van der Waals surface area (Å²) in [5.41, 5.74) is 0. The summed E-state index contributed by atoms with van der Waals surface area (Å²) < 4.78 is 5.88. The Labute approximate surface area is 96.6 Å². The van der Waals surface area contributed by atoms with Gasteiger partial charge in [0.05, 0.1) is 6.10 Å². The third-order valence-corrected chi connectivity index (χ3v) is 3.75. The van der Waals surface area contributed by atoms with Gasteiger partial charge in [0.15, 0.2) is 0 Å². The first-order valence-corrected chi connectivity index (χ1v) is 6.35. The molecule has 0 radical (unpaired) electrons. The molecular weight excluding hydrogens is 206 g/mol. The van der Waals surface area contributed by atoms with Crippen LogP contribution in [0.1, 0.15) is 38.5 Å². The summed E-state index contributed by atoms with van der Waals surface area (Å²) in [6.07, 6.45) is 6.54. The molecule has 1 N–H and O–H groups in total. The average Bonchev–Trinajstić information content (AvgIpc) is 2.80. The highest BCUT2D eigenvalue weighted by molar-refractivity contribution is 5.64. The number of nitrogens with zero attached hydrogens (tertiary/aromatic N) is 1. The second kappa shape index (κ2) is 5.53. The van der Waals surface area contributed by atoms with Gasteiger partial charge in [-0.05, 0) is 31.6 Å². The van der Waals surface area contributed by atoms with Gasteiger partial charge in [0, 0.05) is 19.7 Å². The van der Waals surface area contributed by atoms with Gasteiger partial charge in [0.2, 0.25) is 0 Å². The van der Waals surface area contributed by atoms with Gasteiger partial charge in [0.25, 0.3) is 0 Å². The fourth-order valence-electron chi connectivity index (χ4n) is 2.66. The van der Waals surface area contributed by atoms with Crippen molar-refractivity contribution in [3.63, 3.8) is 0 Å². The number of amides is 1. The molecule has 0 unspecified atom stereocenters. The van der Waals surface area contributed by atoms with Crippen molar-refractivity contribution in [3.8, 4) is 0 Å². The quantitative estimate of drug-likeness (QED) is 0.805. The summed E-state index contributed by atoms with van der Waals surface area (Å²) >= 11 is 0. The summed E-state index contributed by atoms with van der Waals surface area (Å²) in [4.78, 5) is 12.2. The lowest BCUT2D eigenvalue weighted by atomic mass is 10.1. The third kappa shape index (κ3) is 3.11. The van der Waals surface area contributed by atoms with Crippen molar-refractivity contribution in [2.24, 2.45) is 5.92 Å². The molecule has 0 aromatic rings. The molecule has 1 aliphatic carbocycles. The first-order chi connectivity index (χ1) is 7.75. The predicted octanol–water partition coefficient (Wildman–Crippen LogP) is 2.34. The predicted molar refractivity (Wildman–Crippen MR) is 60.5 cm³/mol. The van der Waals surface area contributed by atoms with Crippen LogP contribution in [0.2, 0.25) is 0 Å². The molecule has 0 spiro atoms. The molecule has 4 heteroatoms. The van der Waals surface area contributed by atoms with E-state index in [0.29, 0.717) is 13.1 Å². The fourth-order valence-corrected chi connectivity index (χ4v) is 2.66. The number of ether oxygens (including phenoxy) is 1. The molecule has 1 amide bonds. The summed E-state index contributed by atoms with van der Waals surface area (Å²) in [6, 6.07) is 0. The highest BCUT2D eigenvalue weighted by Gasteiger charge is 2.24. The van der Waals surface area contributed by atoms with Gasteiger partial charge in [0.1, 0.15) is 0 Å². The topological polar surface area (TPSA) is 49.8 Å². The van der Waals surface area contributed by atoms with E-state index in [-0.39, 0.29) is 6.10 Å². The lowest BCUT2D eigenvalue weighted by Gasteiger charge is -2.30. The molecule has 0 aromatic carbocycles. The normalized spacial score (nSPS) is 23.9. The fraction of sp³-hybridized carbons (Fsp3) is 0.917. The van der Waals surface area contributed by atoms with Gasteiger partial charge in [-0.15, -0.1) is 0 Å². The van der Waals surface area contributed by atoms with E-state index in [0.717, 1.165) is 25.4 Å². The Morgan fingerprint density at radius 3 is 2.38 bits per heavy atom. The second-order valence-corrected chi connectivity index (χ2v) is 4.95. The average molecular weight is 227 g/mol. The largest absolute Gasteiger partial charge is 0.465 e. The van der Waals surface area contributed by atoms with Gasteiger partial charge in [-0.1, -0.05) is 12.8 Å². The molecule has 16 heavy (non-hydrogen) atoms. The van der Waals surface area contributed by atoms with E-state index in [1.54, 1.807) is 0 Å². The van der Waals surface area contributed by atoms with Gasteiger partial charge in [-0.3, -0.25) is 0 Å². The monoisotopic (exact) mass is 227 g/mol. The van der Waals surface area contributed by atoms with Crippen LogP contribution < -0.4 is 0 Å². The molecule has 2 aliphatic rings. The van der Waals surface area contributed by atoms with Crippen LogP contribution in [0.25, 0.3) is 0 Å². The molecule has 1 saturated heterocycles. The number of piperidine rings is 1. The van der Waals surface area contributed by atoms with Gasteiger partial charge < -0.3 is 14.7 Å². The molecule has 1 saturated carbocycles. The summed E-state index contributed by atoms with van der Waals surface area (Å²) in [7, 11) is 0. The van der Waals surface area contributed by atoms with Crippen LogP contribution in [0.4, 0.5) is 4.79 Å². The number of hydrogen-bond acceptors (Lipinski definition) is 2. The van der Waals surface area contributed by atoms with Crippen molar-refractivity contribution in [3.05, 3.63) is 0 Å². The first-order valence-electron chi connectivity index (χ1n) is 6.35. The van der Waals surface area contributed by atoms with Crippen LogP contribution in [-0.2, 0) is 4.74 Å². The van der Waals surface area contributed by atoms with E-state index in [1.165, 1.54) is 30.6 Å². The molecule has 92 valence electrons. The Morgan fingerprint density at radius 1 is 1.19 bits per heavy atom. The van der Waals surface area contributed by atoms with Gasteiger partial charge in [-0.2, -0.15) is 0 Å². The van der Waals surface area contributed by atoms with Crippen molar-refractivity contribution in [1.29, 1.82) is 0 Å². The zero-order valence-electron chi connectivity index (χ0n) is 9.73. The SMILES string of the molecule is O=C(O)N1CCC(OCC2CCCC2)CC1. The molecule has 2 rings (SSSR count). The molecule has 1 aliphatic heterocycles. The van der Waals surface area contributed by atoms with Gasteiger partial charge >= 0.3 is 6.09 Å². The lowest BCUT2D eigenvalue weighted by Crippen LogP contribution is -2.40. The number of carboxylic acid groups (broad SMARTS) is 1. The van der Waals surface area contributed by atoms with E-state index in [2.05, 4.69) is 0 Å². The first kappa shape index (κ1) is 11.7. The maximum atomic E-state index is 10.7. The number of likely N-dealkylation sites (tertiary alicyclic amines) is 1. The third-order valence-electron chi connectivity index (χ3n) is 3.75. The number of hydrogen-bond donors (Lipinski definition) is 1. The van der Waals surface area contributed by atoms with E-state index in [1.807, 2.05) is 0 Å². The Bertz CT molecular complexity index is 230. The van der Waals surface area contributed by atoms with Gasteiger partial charge in [-0.25, -0.2) is 4.79 Å². The highest BCUT2D eigenvalue weighted by atomic mass is 16.5. The summed E-state index contributed by atoms with van der Waals surface area (Å²) in [6.45, 7) is 2.15. The van der Waals surface area contributed by atoms with Crippen LogP contribution in [-0.4, -0.2) is 41.9 Å². The molecule has 2 fully saturated rings. The van der Waals surface area contributed by atoms with E-state index >= 15 is 0 Å². The van der Waals surface area contributed by atoms with Crippen molar-refractivity contribution >= 4 is 6.09 Å². The van der Waals surface area contributed by atoms with Crippen LogP contribution in [0.5, 0.6) is 0 Å². The van der Waals surface area contributed by atoms with Crippen LogP contribution >= 0.6 is 0 Å². The zero-order chi connectivity index (χ0) is 11.4. The molecule has 1 heterocycles. The van der Waals surface area contributed by atoms with E-state index in [9.17, 15) is 4.79 Å². The molecular formula is C12H21NO3. The van der Waals surface area contributed by atoms with Crippen LogP contribution in [0.15, 0.2) is 0 Å². The Kier molecular flexibility index (Phi) is 4.04. The number of carbonyl (C=O) groups is 1. The van der Waals surface area contributed by atoms with Crippen molar-refractivity contribution in [2.75, 3.05) is 19.7 Å². The minimum Gasteiger partial charge on any atom is -0.465 e. The number of rotatable bonds is 3. The van der Waals surface area contributed by atoms with Crippen molar-refractivity contribution in [2.45, 2.75) is 44.6 Å². The highest BCUT2D eigenvalue weighted by Crippen LogP contribution is 2.26. The minimum atomic E-state index is -0.797. The van der Waals surface area contributed by atoms with Crippen molar-refractivity contribution in [1.82, 2.24) is 4.90 Å². The van der Waals surface area contributed by atoms with Crippen LogP contribution in [0, 0.1) is 5.92 Å². The Morgan fingerprint density at radius 2 is 1.81 bits per heavy atom. The van der Waals surface area contributed by atoms with Crippen molar-refractivity contribution < 1.29 is 14.6 Å². The Balaban J connectivity index is 1.63. The smallest absolute Gasteiger partial charge is 0.407 e. The summed E-state index contributed by atoms with van der Waals surface area (Å²) in [5, 5.41) is 8.81. The standard InChI is InChI=1S/C12H21NO3/c14-12(15)13-7-5-11(6-8-13)16-9-10-3-1-2-4-10/h10-11H,1-9H2,(H,14,15). The van der Waals surface area contributed by atoms with E-state index < -0.39 is 6.09 Å². The molecule has 4 nitrogen and oxygen atoms in total. The maximum Gasteiger partial charge on any atom is 0.407 e. The second-order valence-electron chi connectivity index (χ2n) is 4.95. The maximum absolute atomic E-state index is 10.7. The molecule has 0 aromatic heterocycles. The van der Waals surface area contributed by atoms with Crippen LogP contribution in [0.3, 0.4) is 0 Å². The summed E-state index contributed by atoms with van der Waals surface area (Å²) in [5.74, 6) is 0.762. The Hall–Kier alpha value is -0.770. The molecule has 0 atom stereocenters. The molecule has 0 bridgehead atoms. The lowest BCUT2D eigenvalue weighted by molar-refractivity contribution is -0.00552. The van der Waals surface area contributed by atoms with E-state index in [4.69, 9.17) is 9.84 Å². The zero-order valence-corrected chi connectivity index (χ0v) is 9.73. The minimum absolute atomic E-state index is 0.288.